The average molecular weight is 448 g/mol. The Labute approximate surface area is 196 Å². The summed E-state index contributed by atoms with van der Waals surface area (Å²) < 4.78 is 17.1. The molecule has 0 saturated heterocycles. The molecule has 0 aliphatic carbocycles. The number of benzene rings is 3. The number of carbonyl (C=O) groups is 1. The minimum Gasteiger partial charge on any atom is -0.493 e. The van der Waals surface area contributed by atoms with Crippen molar-refractivity contribution in [1.29, 1.82) is 0 Å². The van der Waals surface area contributed by atoms with E-state index in [1.807, 2.05) is 36.4 Å². The number of nitrogens with one attached hydrogen (secondary N) is 1. The monoisotopic (exact) mass is 447 g/mol. The van der Waals surface area contributed by atoms with Crippen LogP contribution in [0.15, 0.2) is 60.7 Å². The van der Waals surface area contributed by atoms with E-state index in [0.29, 0.717) is 29.4 Å². The summed E-state index contributed by atoms with van der Waals surface area (Å²) in [6, 6.07) is 19.4. The molecule has 0 unspecified atom stereocenters. The van der Waals surface area contributed by atoms with E-state index in [9.17, 15) is 4.79 Å². The molecule has 3 aromatic rings. The molecule has 1 amide bonds. The summed E-state index contributed by atoms with van der Waals surface area (Å²) >= 11 is 0. The van der Waals surface area contributed by atoms with Gasteiger partial charge in [0.05, 0.1) is 14.2 Å². The third-order valence-corrected chi connectivity index (χ3v) is 5.56. The first-order chi connectivity index (χ1) is 15.8. The van der Waals surface area contributed by atoms with E-state index >= 15 is 0 Å². The highest BCUT2D eigenvalue weighted by Crippen LogP contribution is 2.40. The van der Waals surface area contributed by atoms with Gasteiger partial charge in [0.2, 0.25) is 5.75 Å². The maximum Gasteiger partial charge on any atom is 0.255 e. The zero-order valence-electron chi connectivity index (χ0n) is 20.3. The van der Waals surface area contributed by atoms with Gasteiger partial charge < -0.3 is 19.5 Å². The Morgan fingerprint density at radius 2 is 1.36 bits per heavy atom. The molecule has 0 atom stereocenters. The third kappa shape index (κ3) is 5.67. The number of carbonyl (C=O) groups excluding carboxylic acids is 1. The predicted molar refractivity (Wildman–Crippen MR) is 133 cm³/mol. The Morgan fingerprint density at radius 3 is 1.85 bits per heavy atom. The first-order valence-corrected chi connectivity index (χ1v) is 11.2. The van der Waals surface area contributed by atoms with Gasteiger partial charge in [0, 0.05) is 11.3 Å². The summed E-state index contributed by atoms with van der Waals surface area (Å²) in [6.07, 6.45) is 0. The number of anilines is 1. The number of rotatable bonds is 9. The average Bonchev–Trinajstić information content (AvgIpc) is 2.82. The van der Waals surface area contributed by atoms with Crippen LogP contribution in [-0.4, -0.2) is 20.1 Å². The number of hydrogen-bond acceptors (Lipinski definition) is 4. The number of hydrogen-bond donors (Lipinski definition) is 1. The molecule has 5 nitrogen and oxygen atoms in total. The van der Waals surface area contributed by atoms with Crippen molar-refractivity contribution in [2.24, 2.45) is 0 Å². The zero-order chi connectivity index (χ0) is 24.0. The number of amides is 1. The summed E-state index contributed by atoms with van der Waals surface area (Å²) in [5, 5.41) is 3.15. The molecular weight excluding hydrogens is 414 g/mol. The molecule has 0 bridgehead atoms. The van der Waals surface area contributed by atoms with E-state index in [-0.39, 0.29) is 17.7 Å². The summed E-state index contributed by atoms with van der Waals surface area (Å²) in [5.41, 5.74) is 4.54. The molecular formula is C28H33NO4. The zero-order valence-corrected chi connectivity index (χ0v) is 20.3. The van der Waals surface area contributed by atoms with E-state index in [2.05, 4.69) is 45.1 Å². The molecule has 33 heavy (non-hydrogen) atoms. The maximum absolute atomic E-state index is 13.3. The highest BCUT2D eigenvalue weighted by molar-refractivity contribution is 6.06. The second kappa shape index (κ2) is 10.9. The Balaban J connectivity index is 1.93. The lowest BCUT2D eigenvalue weighted by Gasteiger charge is -2.21. The van der Waals surface area contributed by atoms with Crippen LogP contribution in [0.25, 0.3) is 0 Å². The van der Waals surface area contributed by atoms with Gasteiger partial charge in [0.25, 0.3) is 5.91 Å². The van der Waals surface area contributed by atoms with Gasteiger partial charge in [0.15, 0.2) is 11.5 Å². The van der Waals surface area contributed by atoms with Crippen LogP contribution in [-0.2, 0) is 6.61 Å². The molecule has 1 N–H and O–H groups in total. The minimum atomic E-state index is -0.226. The van der Waals surface area contributed by atoms with E-state index < -0.39 is 0 Å². The second-order valence-electron chi connectivity index (χ2n) is 8.56. The van der Waals surface area contributed by atoms with Gasteiger partial charge in [-0.15, -0.1) is 0 Å². The van der Waals surface area contributed by atoms with Gasteiger partial charge in [-0.25, -0.2) is 0 Å². The van der Waals surface area contributed by atoms with Crippen molar-refractivity contribution in [3.63, 3.8) is 0 Å². The molecule has 0 aliphatic rings. The second-order valence-corrected chi connectivity index (χ2v) is 8.56. The summed E-state index contributed by atoms with van der Waals surface area (Å²) in [7, 11) is 3.10. The van der Waals surface area contributed by atoms with Gasteiger partial charge >= 0.3 is 0 Å². The van der Waals surface area contributed by atoms with Crippen molar-refractivity contribution >= 4 is 11.6 Å². The van der Waals surface area contributed by atoms with Crippen molar-refractivity contribution in [2.45, 2.75) is 46.1 Å². The molecule has 0 saturated carbocycles. The van der Waals surface area contributed by atoms with Crippen LogP contribution in [0.4, 0.5) is 5.69 Å². The van der Waals surface area contributed by atoms with Gasteiger partial charge in [-0.05, 0) is 40.7 Å². The Morgan fingerprint density at radius 1 is 0.818 bits per heavy atom. The van der Waals surface area contributed by atoms with E-state index in [1.165, 1.54) is 0 Å². The van der Waals surface area contributed by atoms with Crippen molar-refractivity contribution < 1.29 is 19.0 Å². The fraction of sp³-hybridized carbons (Fsp3) is 0.321. The Hall–Kier alpha value is -3.47. The largest absolute Gasteiger partial charge is 0.493 e. The molecule has 0 spiro atoms. The van der Waals surface area contributed by atoms with Crippen LogP contribution in [0.1, 0.15) is 66.6 Å². The lowest BCUT2D eigenvalue weighted by atomic mass is 9.92. The first kappa shape index (κ1) is 24.2. The Kier molecular flexibility index (Phi) is 7.99. The fourth-order valence-corrected chi connectivity index (χ4v) is 3.76. The molecule has 0 heterocycles. The quantitative estimate of drug-likeness (QED) is 0.393. The van der Waals surface area contributed by atoms with Gasteiger partial charge in [-0.2, -0.15) is 0 Å². The molecule has 5 heteroatoms. The molecule has 3 aromatic carbocycles. The van der Waals surface area contributed by atoms with E-state index in [0.717, 1.165) is 22.4 Å². The van der Waals surface area contributed by atoms with Crippen molar-refractivity contribution in [3.8, 4) is 17.2 Å². The standard InChI is InChI=1S/C28H33NO4/c1-18(2)22-13-10-14-23(19(3)4)26(22)29-28(30)21-15-24(31-5)27(25(16-21)32-6)33-17-20-11-8-7-9-12-20/h7-16,18-19H,17H2,1-6H3,(H,29,30). The van der Waals surface area contributed by atoms with Gasteiger partial charge in [0.1, 0.15) is 6.61 Å². The number of para-hydroxylation sites is 1. The minimum absolute atomic E-state index is 0.226. The van der Waals surface area contributed by atoms with Crippen molar-refractivity contribution in [3.05, 3.63) is 82.9 Å². The van der Waals surface area contributed by atoms with Crippen molar-refractivity contribution in [1.82, 2.24) is 0 Å². The molecule has 0 radical (unpaired) electrons. The highest BCUT2D eigenvalue weighted by Gasteiger charge is 2.21. The fourth-order valence-electron chi connectivity index (χ4n) is 3.76. The maximum atomic E-state index is 13.3. The highest BCUT2D eigenvalue weighted by atomic mass is 16.5. The number of methoxy groups -OCH3 is 2. The molecule has 0 aromatic heterocycles. The predicted octanol–water partition coefficient (Wildman–Crippen LogP) is 6.78. The lowest BCUT2D eigenvalue weighted by molar-refractivity contribution is 0.102. The molecule has 0 fully saturated rings. The number of ether oxygens (including phenoxy) is 3. The van der Waals surface area contributed by atoms with E-state index in [4.69, 9.17) is 14.2 Å². The SMILES string of the molecule is COc1cc(C(=O)Nc2c(C(C)C)cccc2C(C)C)cc(OC)c1OCc1ccccc1. The summed E-state index contributed by atoms with van der Waals surface area (Å²) in [5.74, 6) is 1.67. The first-order valence-electron chi connectivity index (χ1n) is 11.2. The van der Waals surface area contributed by atoms with Crippen LogP contribution in [0.2, 0.25) is 0 Å². The van der Waals surface area contributed by atoms with Crippen LogP contribution >= 0.6 is 0 Å². The summed E-state index contributed by atoms with van der Waals surface area (Å²) in [6.45, 7) is 8.86. The van der Waals surface area contributed by atoms with Crippen LogP contribution < -0.4 is 19.5 Å². The van der Waals surface area contributed by atoms with Crippen LogP contribution in [0, 0.1) is 0 Å². The van der Waals surface area contributed by atoms with Crippen LogP contribution in [0.3, 0.4) is 0 Å². The smallest absolute Gasteiger partial charge is 0.255 e. The molecule has 0 aliphatic heterocycles. The Bertz CT molecular complexity index is 1040. The lowest BCUT2D eigenvalue weighted by Crippen LogP contribution is -2.16. The normalized spacial score (nSPS) is 10.9. The van der Waals surface area contributed by atoms with Gasteiger partial charge in [-0.1, -0.05) is 76.2 Å². The third-order valence-electron chi connectivity index (χ3n) is 5.56. The molecule has 3 rings (SSSR count). The van der Waals surface area contributed by atoms with Crippen molar-refractivity contribution in [2.75, 3.05) is 19.5 Å². The molecule has 174 valence electrons. The van der Waals surface area contributed by atoms with Crippen LogP contribution in [0.5, 0.6) is 17.2 Å². The topological polar surface area (TPSA) is 56.8 Å². The summed E-state index contributed by atoms with van der Waals surface area (Å²) in [4.78, 5) is 13.3. The van der Waals surface area contributed by atoms with E-state index in [1.54, 1.807) is 26.4 Å². The van der Waals surface area contributed by atoms with Gasteiger partial charge in [-0.3, -0.25) is 4.79 Å².